The van der Waals surface area contributed by atoms with Crippen molar-refractivity contribution in [2.75, 3.05) is 0 Å². The quantitative estimate of drug-likeness (QED) is 0.491. The van der Waals surface area contributed by atoms with E-state index >= 15 is 0 Å². The van der Waals surface area contributed by atoms with Crippen LogP contribution in [0.4, 0.5) is 4.79 Å². The maximum atomic E-state index is 10.8. The molecule has 2 nitrogen and oxygen atoms in total. The Morgan fingerprint density at radius 2 is 1.47 bits per heavy atom. The highest BCUT2D eigenvalue weighted by Crippen LogP contribution is 2.29. The molecule has 19 heavy (non-hydrogen) atoms. The molecule has 0 aliphatic carbocycles. The average Bonchev–Trinajstić information content (AvgIpc) is 2.43. The molecule has 0 heterocycles. The first-order valence-corrected chi connectivity index (χ1v) is 6.35. The number of rotatable bonds is 2. The van der Waals surface area contributed by atoms with Gasteiger partial charge in [0.15, 0.2) is 0 Å². The van der Waals surface area contributed by atoms with Gasteiger partial charge < -0.3 is 4.74 Å². The Labute approximate surface area is 115 Å². The van der Waals surface area contributed by atoms with Gasteiger partial charge in [0.25, 0.3) is 0 Å². The molecule has 0 saturated carbocycles. The summed E-state index contributed by atoms with van der Waals surface area (Å²) in [5.74, 6) is 0. The van der Waals surface area contributed by atoms with Crippen LogP contribution in [-0.2, 0) is 11.3 Å². The van der Waals surface area contributed by atoms with Gasteiger partial charge in [0, 0.05) is 17.2 Å². The molecule has 94 valence electrons. The van der Waals surface area contributed by atoms with E-state index in [0.29, 0.717) is 0 Å². The summed E-state index contributed by atoms with van der Waals surface area (Å²) < 4.78 is 4.97. The number of carbonyl (C=O) groups is 1. The van der Waals surface area contributed by atoms with Gasteiger partial charge >= 0.3 is 5.43 Å². The van der Waals surface area contributed by atoms with E-state index in [4.69, 9.17) is 16.3 Å². The molecule has 0 aliphatic heterocycles. The molecule has 0 unspecified atom stereocenters. The predicted octanol–water partition coefficient (Wildman–Crippen LogP) is 4.87. The first-order valence-electron chi connectivity index (χ1n) is 5.97. The third-order valence-corrected chi connectivity index (χ3v) is 3.32. The summed E-state index contributed by atoms with van der Waals surface area (Å²) in [5.41, 5.74) is 0.208. The monoisotopic (exact) mass is 270 g/mol. The minimum atomic E-state index is -0.781. The van der Waals surface area contributed by atoms with Crippen LogP contribution in [0.15, 0.2) is 54.6 Å². The molecule has 0 radical (unpaired) electrons. The second kappa shape index (κ2) is 4.90. The van der Waals surface area contributed by atoms with E-state index in [2.05, 4.69) is 6.07 Å². The molecule has 3 rings (SSSR count). The van der Waals surface area contributed by atoms with Gasteiger partial charge in [0.05, 0.1) is 0 Å². The molecule has 0 saturated heterocycles. The van der Waals surface area contributed by atoms with Gasteiger partial charge in [-0.05, 0) is 27.6 Å². The third kappa shape index (κ3) is 2.27. The first-order chi connectivity index (χ1) is 9.25. The molecule has 0 aromatic heterocycles. The zero-order valence-electron chi connectivity index (χ0n) is 10.1. The molecular formula is C16H11ClO2. The number of fused-ring (bicyclic) bond motifs is 2. The molecule has 3 aromatic carbocycles. The van der Waals surface area contributed by atoms with Crippen molar-refractivity contribution in [3.63, 3.8) is 0 Å². The lowest BCUT2D eigenvalue weighted by Crippen LogP contribution is -1.97. The van der Waals surface area contributed by atoms with Crippen LogP contribution in [0.3, 0.4) is 0 Å². The Kier molecular flexibility index (Phi) is 3.10. The number of hydrogen-bond acceptors (Lipinski definition) is 2. The van der Waals surface area contributed by atoms with Gasteiger partial charge in [0.1, 0.15) is 6.61 Å². The van der Waals surface area contributed by atoms with Gasteiger partial charge in [-0.3, -0.25) is 0 Å². The normalized spacial score (nSPS) is 10.8. The fourth-order valence-electron chi connectivity index (χ4n) is 2.39. The summed E-state index contributed by atoms with van der Waals surface area (Å²) in [4.78, 5) is 10.8. The summed E-state index contributed by atoms with van der Waals surface area (Å²) >= 11 is 5.27. The smallest absolute Gasteiger partial charge is 0.404 e. The van der Waals surface area contributed by atoms with Crippen LogP contribution in [-0.4, -0.2) is 5.43 Å². The zero-order chi connectivity index (χ0) is 13.2. The molecule has 0 aliphatic rings. The fourth-order valence-corrected chi connectivity index (χ4v) is 2.45. The summed E-state index contributed by atoms with van der Waals surface area (Å²) in [7, 11) is 0. The van der Waals surface area contributed by atoms with Crippen LogP contribution in [0.1, 0.15) is 5.56 Å². The van der Waals surface area contributed by atoms with E-state index in [1.165, 1.54) is 0 Å². The predicted molar refractivity (Wildman–Crippen MR) is 77.5 cm³/mol. The van der Waals surface area contributed by atoms with Crippen molar-refractivity contribution in [2.24, 2.45) is 0 Å². The van der Waals surface area contributed by atoms with Gasteiger partial charge in [-0.1, -0.05) is 48.5 Å². The van der Waals surface area contributed by atoms with Crippen molar-refractivity contribution in [3.8, 4) is 0 Å². The molecule has 0 atom stereocenters. The van der Waals surface area contributed by atoms with Crippen molar-refractivity contribution in [1.29, 1.82) is 0 Å². The minimum Gasteiger partial charge on any atom is -0.449 e. The lowest BCUT2D eigenvalue weighted by Gasteiger charge is -2.11. The van der Waals surface area contributed by atoms with Crippen LogP contribution < -0.4 is 0 Å². The molecule has 0 amide bonds. The van der Waals surface area contributed by atoms with Gasteiger partial charge in [-0.15, -0.1) is 0 Å². The van der Waals surface area contributed by atoms with E-state index in [1.807, 2.05) is 48.5 Å². The second-order valence-corrected chi connectivity index (χ2v) is 4.63. The minimum absolute atomic E-state index is 0.185. The lowest BCUT2D eigenvalue weighted by molar-refractivity contribution is 0.168. The molecule has 0 fully saturated rings. The second-order valence-electron chi connectivity index (χ2n) is 4.32. The van der Waals surface area contributed by atoms with Crippen molar-refractivity contribution in [1.82, 2.24) is 0 Å². The number of hydrogen-bond donors (Lipinski definition) is 0. The van der Waals surface area contributed by atoms with Crippen LogP contribution in [0.2, 0.25) is 0 Å². The summed E-state index contributed by atoms with van der Waals surface area (Å²) in [6, 6.07) is 18.2. The largest absolute Gasteiger partial charge is 0.449 e. The highest BCUT2D eigenvalue weighted by Gasteiger charge is 2.08. The molecule has 3 heteroatoms. The molecule has 3 aromatic rings. The summed E-state index contributed by atoms with van der Waals surface area (Å²) in [6.07, 6.45) is 0. The van der Waals surface area contributed by atoms with E-state index in [1.54, 1.807) is 0 Å². The molecule has 0 N–H and O–H groups in total. The maximum Gasteiger partial charge on any atom is 0.404 e. The maximum absolute atomic E-state index is 10.8. The Morgan fingerprint density at radius 3 is 2.00 bits per heavy atom. The summed E-state index contributed by atoms with van der Waals surface area (Å²) in [5, 5.41) is 4.42. The summed E-state index contributed by atoms with van der Waals surface area (Å²) in [6.45, 7) is 0.185. The van der Waals surface area contributed by atoms with Crippen LogP contribution in [0.25, 0.3) is 21.5 Å². The van der Waals surface area contributed by atoms with Gasteiger partial charge in [-0.25, -0.2) is 4.79 Å². The van der Waals surface area contributed by atoms with Crippen molar-refractivity contribution in [3.05, 3.63) is 60.2 Å². The van der Waals surface area contributed by atoms with E-state index < -0.39 is 5.43 Å². The number of halogens is 1. The SMILES string of the molecule is O=C(Cl)OCc1c2ccccc2cc2ccccc12. The number of ether oxygens (including phenoxy) is 1. The van der Waals surface area contributed by atoms with E-state index in [9.17, 15) is 4.79 Å². The Balaban J connectivity index is 2.29. The van der Waals surface area contributed by atoms with Crippen LogP contribution in [0, 0.1) is 0 Å². The first kappa shape index (κ1) is 12.0. The highest BCUT2D eigenvalue weighted by molar-refractivity contribution is 6.61. The number of benzene rings is 3. The van der Waals surface area contributed by atoms with E-state index in [-0.39, 0.29) is 6.61 Å². The molecular weight excluding hydrogens is 260 g/mol. The molecule has 0 bridgehead atoms. The number of carbonyl (C=O) groups excluding carboxylic acids is 1. The lowest BCUT2D eigenvalue weighted by atomic mass is 9.97. The van der Waals surface area contributed by atoms with Crippen molar-refractivity contribution in [2.45, 2.75) is 6.61 Å². The van der Waals surface area contributed by atoms with Crippen molar-refractivity contribution < 1.29 is 9.53 Å². The Bertz CT molecular complexity index is 711. The van der Waals surface area contributed by atoms with Gasteiger partial charge in [-0.2, -0.15) is 0 Å². The molecule has 0 spiro atoms. The van der Waals surface area contributed by atoms with Crippen molar-refractivity contribution >= 4 is 38.6 Å². The van der Waals surface area contributed by atoms with Gasteiger partial charge in [0.2, 0.25) is 0 Å². The third-order valence-electron chi connectivity index (χ3n) is 3.21. The zero-order valence-corrected chi connectivity index (χ0v) is 10.9. The van der Waals surface area contributed by atoms with E-state index in [0.717, 1.165) is 27.1 Å². The fraction of sp³-hybridized carbons (Fsp3) is 0.0625. The average molecular weight is 271 g/mol. The highest BCUT2D eigenvalue weighted by atomic mass is 35.5. The van der Waals surface area contributed by atoms with Crippen LogP contribution in [0.5, 0.6) is 0 Å². The Morgan fingerprint density at radius 1 is 0.947 bits per heavy atom. The topological polar surface area (TPSA) is 26.3 Å². The Hall–Kier alpha value is -2.06. The standard InChI is InChI=1S/C16H11ClO2/c17-16(18)19-10-15-13-7-3-1-5-11(13)9-12-6-2-4-8-14(12)15/h1-9H,10H2. The van der Waals surface area contributed by atoms with Crippen LogP contribution >= 0.6 is 11.6 Å².